The Morgan fingerprint density at radius 1 is 0.562 bits per heavy atom. The molecule has 0 spiro atoms. The normalized spacial score (nSPS) is 10.9. The lowest BCUT2D eigenvalue weighted by atomic mass is 9.87. The van der Waals surface area contributed by atoms with Crippen LogP contribution in [0.1, 0.15) is 73.9 Å². The molecule has 0 radical (unpaired) electrons. The monoisotopic (exact) mass is 642 g/mol. The Bertz CT molecular complexity index is 1740. The molecule has 0 atom stereocenters. The Morgan fingerprint density at radius 2 is 0.958 bits per heavy atom. The van der Waals surface area contributed by atoms with Gasteiger partial charge < -0.3 is 9.47 Å². The van der Waals surface area contributed by atoms with Gasteiger partial charge in [-0.3, -0.25) is 0 Å². The van der Waals surface area contributed by atoms with Crippen molar-refractivity contribution in [3.8, 4) is 33.4 Å². The highest BCUT2D eigenvalue weighted by Crippen LogP contribution is 2.35. The highest BCUT2D eigenvalue weighted by molar-refractivity contribution is 5.87. The molecule has 0 aromatic heterocycles. The van der Waals surface area contributed by atoms with Crippen molar-refractivity contribution in [1.29, 1.82) is 0 Å². The van der Waals surface area contributed by atoms with E-state index >= 15 is 0 Å². The lowest BCUT2D eigenvalue weighted by molar-refractivity contribution is -0.139. The van der Waals surface area contributed by atoms with E-state index in [4.69, 9.17) is 9.47 Å². The molecule has 0 aliphatic heterocycles. The van der Waals surface area contributed by atoms with Gasteiger partial charge in [-0.05, 0) is 127 Å². The highest BCUT2D eigenvalue weighted by Gasteiger charge is 2.14. The molecule has 4 aromatic carbocycles. The number of carbonyl (C=O) groups excluding carboxylic acids is 2. The number of carbonyl (C=O) groups is 2. The average Bonchev–Trinajstić information content (AvgIpc) is 3.09. The SMILES string of the molecule is C=C(C)C(=O)OCCCc1cc(-c2ccc(-c3ccc(-c4ccc(C)cc4)c(CC)c3)cc2CC)cc(CCCOC(=O)C(=C)C)c1C. The largest absolute Gasteiger partial charge is 0.462 e. The van der Waals surface area contributed by atoms with Gasteiger partial charge in [0.1, 0.15) is 0 Å². The van der Waals surface area contributed by atoms with E-state index in [1.54, 1.807) is 13.8 Å². The van der Waals surface area contributed by atoms with Crippen LogP contribution in [0.15, 0.2) is 97.1 Å². The first kappa shape index (κ1) is 36.1. The minimum atomic E-state index is -0.353. The second-order valence-corrected chi connectivity index (χ2v) is 12.8. The Balaban J connectivity index is 1.65. The smallest absolute Gasteiger partial charge is 0.333 e. The summed E-state index contributed by atoms with van der Waals surface area (Å²) in [6.07, 6.45) is 4.87. The first-order chi connectivity index (χ1) is 23.0. The molecule has 0 heterocycles. The van der Waals surface area contributed by atoms with Crippen LogP contribution in [0.4, 0.5) is 0 Å². The fourth-order valence-corrected chi connectivity index (χ4v) is 6.04. The first-order valence-corrected chi connectivity index (χ1v) is 17.1. The Morgan fingerprint density at radius 3 is 1.38 bits per heavy atom. The van der Waals surface area contributed by atoms with Gasteiger partial charge in [0.2, 0.25) is 0 Å². The molecule has 250 valence electrons. The third kappa shape index (κ3) is 9.22. The molecular formula is C44H50O4. The first-order valence-electron chi connectivity index (χ1n) is 17.1. The molecule has 0 saturated carbocycles. The van der Waals surface area contributed by atoms with Gasteiger partial charge in [0.15, 0.2) is 0 Å². The standard InChI is InChI=1S/C44H50O4/c1-9-33-25-38(19-21-41(33)35-17-15-31(7)16-18-35)39-20-22-42(34(10-2)26-39)40-27-36(13-11-23-47-43(45)29(3)4)32(8)37(28-40)14-12-24-48-44(46)30(5)6/h15-22,25-28H,3,5,9-14,23-24H2,1-2,4,6-8H3. The molecule has 0 N–H and O–H groups in total. The molecular weight excluding hydrogens is 592 g/mol. The van der Waals surface area contributed by atoms with Gasteiger partial charge >= 0.3 is 11.9 Å². The minimum absolute atomic E-state index is 0.346. The topological polar surface area (TPSA) is 52.6 Å². The fourth-order valence-electron chi connectivity index (χ4n) is 6.04. The van der Waals surface area contributed by atoms with Gasteiger partial charge in [0, 0.05) is 11.1 Å². The van der Waals surface area contributed by atoms with Gasteiger partial charge in [0.05, 0.1) is 13.2 Å². The number of benzene rings is 4. The Labute approximate surface area is 287 Å². The average molecular weight is 643 g/mol. The Hall–Kier alpha value is -4.70. The number of hydrogen-bond acceptors (Lipinski definition) is 4. The van der Waals surface area contributed by atoms with Crippen molar-refractivity contribution in [2.75, 3.05) is 13.2 Å². The van der Waals surface area contributed by atoms with Crippen LogP contribution in [-0.4, -0.2) is 25.2 Å². The van der Waals surface area contributed by atoms with Crippen LogP contribution in [0.3, 0.4) is 0 Å². The number of esters is 2. The van der Waals surface area contributed by atoms with Crippen molar-refractivity contribution >= 4 is 11.9 Å². The zero-order chi connectivity index (χ0) is 34.8. The molecule has 0 amide bonds. The number of ether oxygens (including phenoxy) is 2. The van der Waals surface area contributed by atoms with E-state index in [9.17, 15) is 9.59 Å². The summed E-state index contributed by atoms with van der Waals surface area (Å²) in [5, 5.41) is 0. The number of rotatable bonds is 15. The summed E-state index contributed by atoms with van der Waals surface area (Å²) in [6, 6.07) is 27.0. The predicted octanol–water partition coefficient (Wildman–Crippen LogP) is 10.5. The Kier molecular flexibility index (Phi) is 12.7. The lowest BCUT2D eigenvalue weighted by Gasteiger charge is -2.18. The highest BCUT2D eigenvalue weighted by atomic mass is 16.5. The van der Waals surface area contributed by atoms with E-state index in [1.807, 2.05) is 0 Å². The van der Waals surface area contributed by atoms with E-state index in [0.717, 1.165) is 38.5 Å². The van der Waals surface area contributed by atoms with Gasteiger partial charge in [-0.2, -0.15) is 0 Å². The molecule has 0 aliphatic carbocycles. The summed E-state index contributed by atoms with van der Waals surface area (Å²) in [4.78, 5) is 23.8. The van der Waals surface area contributed by atoms with Crippen LogP contribution in [-0.2, 0) is 44.7 Å². The second-order valence-electron chi connectivity index (χ2n) is 12.8. The lowest BCUT2D eigenvalue weighted by Crippen LogP contribution is -2.08. The molecule has 0 bridgehead atoms. The number of aryl methyl sites for hydroxylation is 5. The maximum Gasteiger partial charge on any atom is 0.333 e. The molecule has 0 aliphatic rings. The fraction of sp³-hybridized carbons (Fsp3) is 0.318. The molecule has 4 rings (SSSR count). The predicted molar refractivity (Wildman–Crippen MR) is 199 cm³/mol. The van der Waals surface area contributed by atoms with Crippen LogP contribution >= 0.6 is 0 Å². The van der Waals surface area contributed by atoms with Crippen LogP contribution < -0.4 is 0 Å². The zero-order valence-electron chi connectivity index (χ0n) is 29.6. The summed E-state index contributed by atoms with van der Waals surface area (Å²) in [5.74, 6) is -0.706. The van der Waals surface area contributed by atoms with Gasteiger partial charge in [-0.1, -0.05) is 105 Å². The zero-order valence-corrected chi connectivity index (χ0v) is 29.6. The maximum atomic E-state index is 11.9. The quantitative estimate of drug-likeness (QED) is 0.0736. The number of hydrogen-bond donors (Lipinski definition) is 0. The summed E-state index contributed by atoms with van der Waals surface area (Å²) in [5.41, 5.74) is 15.8. The molecule has 0 unspecified atom stereocenters. The van der Waals surface area contributed by atoms with Gasteiger partial charge in [-0.15, -0.1) is 0 Å². The van der Waals surface area contributed by atoms with Crippen molar-refractivity contribution in [2.45, 2.75) is 80.1 Å². The van der Waals surface area contributed by atoms with E-state index in [2.05, 4.69) is 114 Å². The van der Waals surface area contributed by atoms with Crippen LogP contribution in [0.25, 0.3) is 33.4 Å². The molecule has 4 aromatic rings. The van der Waals surface area contributed by atoms with Crippen molar-refractivity contribution in [3.63, 3.8) is 0 Å². The van der Waals surface area contributed by atoms with Crippen molar-refractivity contribution in [3.05, 3.63) is 130 Å². The van der Waals surface area contributed by atoms with Crippen molar-refractivity contribution < 1.29 is 19.1 Å². The third-order valence-electron chi connectivity index (χ3n) is 8.95. The van der Waals surface area contributed by atoms with E-state index in [0.29, 0.717) is 24.4 Å². The van der Waals surface area contributed by atoms with E-state index < -0.39 is 0 Å². The molecule has 48 heavy (non-hydrogen) atoms. The summed E-state index contributed by atoms with van der Waals surface area (Å²) < 4.78 is 10.8. The van der Waals surface area contributed by atoms with Gasteiger partial charge in [0.25, 0.3) is 0 Å². The van der Waals surface area contributed by atoms with E-state index in [1.165, 1.54) is 66.8 Å². The minimum Gasteiger partial charge on any atom is -0.462 e. The van der Waals surface area contributed by atoms with Crippen molar-refractivity contribution in [2.24, 2.45) is 0 Å². The van der Waals surface area contributed by atoms with Crippen LogP contribution in [0, 0.1) is 13.8 Å². The summed E-state index contributed by atoms with van der Waals surface area (Å²) in [6.45, 7) is 20.1. The van der Waals surface area contributed by atoms with Crippen LogP contribution in [0.5, 0.6) is 0 Å². The molecule has 0 saturated heterocycles. The molecule has 4 heteroatoms. The van der Waals surface area contributed by atoms with Crippen molar-refractivity contribution in [1.82, 2.24) is 0 Å². The molecule has 0 fully saturated rings. The van der Waals surface area contributed by atoms with Gasteiger partial charge in [-0.25, -0.2) is 9.59 Å². The maximum absolute atomic E-state index is 11.9. The molecule has 4 nitrogen and oxygen atoms in total. The van der Waals surface area contributed by atoms with E-state index in [-0.39, 0.29) is 11.9 Å². The summed E-state index contributed by atoms with van der Waals surface area (Å²) >= 11 is 0. The van der Waals surface area contributed by atoms with Crippen LogP contribution in [0.2, 0.25) is 0 Å². The third-order valence-corrected chi connectivity index (χ3v) is 8.95. The second kappa shape index (κ2) is 16.9. The summed E-state index contributed by atoms with van der Waals surface area (Å²) in [7, 11) is 0.